The molecule has 0 bridgehead atoms. The molecule has 0 atom stereocenters. The molecule has 1 aromatic carbocycles. The quantitative estimate of drug-likeness (QED) is 0.456. The van der Waals surface area contributed by atoms with Crippen LogP contribution in [0.25, 0.3) is 0 Å². The van der Waals surface area contributed by atoms with E-state index < -0.39 is 0 Å². The fraction of sp³-hybridized carbons (Fsp3) is 0.500. The van der Waals surface area contributed by atoms with Crippen molar-refractivity contribution in [2.45, 2.75) is 20.1 Å². The number of hydrogen-bond donors (Lipinski definition) is 1. The second kappa shape index (κ2) is 10.1. The second-order valence-electron chi connectivity index (χ2n) is 6.70. The molecular formula is C20H29N5O2. The highest BCUT2D eigenvalue weighted by Crippen LogP contribution is 2.09. The second-order valence-corrected chi connectivity index (χ2v) is 6.70. The van der Waals surface area contributed by atoms with E-state index in [0.717, 1.165) is 56.7 Å². The standard InChI is InChI=1S/C20H29N5O2/c1-17-14-19(23-27-17)15-24-9-11-25(12-10-24)20(21-2)22-8-13-26-16-18-6-4-3-5-7-18/h3-7,14H,8-13,15-16H2,1-2H3,(H,21,22). The zero-order valence-electron chi connectivity index (χ0n) is 16.2. The molecule has 3 rings (SSSR count). The van der Waals surface area contributed by atoms with Crippen molar-refractivity contribution in [3.8, 4) is 0 Å². The fourth-order valence-corrected chi connectivity index (χ4v) is 3.17. The molecule has 1 fully saturated rings. The lowest BCUT2D eigenvalue weighted by Gasteiger charge is -2.36. The van der Waals surface area contributed by atoms with Crippen molar-refractivity contribution in [1.29, 1.82) is 0 Å². The van der Waals surface area contributed by atoms with Crippen LogP contribution in [0.4, 0.5) is 0 Å². The minimum absolute atomic E-state index is 0.640. The van der Waals surface area contributed by atoms with Crippen LogP contribution < -0.4 is 5.32 Å². The molecule has 27 heavy (non-hydrogen) atoms. The summed E-state index contributed by atoms with van der Waals surface area (Å²) in [6.45, 7) is 8.66. The molecule has 146 valence electrons. The van der Waals surface area contributed by atoms with Gasteiger partial charge in [-0.15, -0.1) is 0 Å². The van der Waals surface area contributed by atoms with Crippen molar-refractivity contribution in [3.63, 3.8) is 0 Å². The molecule has 1 N–H and O–H groups in total. The lowest BCUT2D eigenvalue weighted by Crippen LogP contribution is -2.52. The maximum atomic E-state index is 5.73. The van der Waals surface area contributed by atoms with Crippen molar-refractivity contribution in [2.24, 2.45) is 4.99 Å². The number of ether oxygens (including phenoxy) is 1. The SMILES string of the molecule is CN=C(NCCOCc1ccccc1)N1CCN(Cc2cc(C)on2)CC1. The zero-order chi connectivity index (χ0) is 18.9. The molecule has 7 nitrogen and oxygen atoms in total. The summed E-state index contributed by atoms with van der Waals surface area (Å²) in [5.41, 5.74) is 2.19. The lowest BCUT2D eigenvalue weighted by molar-refractivity contribution is 0.124. The average molecular weight is 371 g/mol. The monoisotopic (exact) mass is 371 g/mol. The van der Waals surface area contributed by atoms with E-state index in [1.807, 2.05) is 38.2 Å². The highest BCUT2D eigenvalue weighted by molar-refractivity contribution is 5.79. The Balaban J connectivity index is 1.33. The largest absolute Gasteiger partial charge is 0.375 e. The molecule has 0 unspecified atom stereocenters. The number of aryl methyl sites for hydroxylation is 1. The van der Waals surface area contributed by atoms with E-state index in [1.54, 1.807) is 0 Å². The predicted molar refractivity (Wildman–Crippen MR) is 106 cm³/mol. The van der Waals surface area contributed by atoms with Gasteiger partial charge in [0.25, 0.3) is 0 Å². The summed E-state index contributed by atoms with van der Waals surface area (Å²) in [6.07, 6.45) is 0. The van der Waals surface area contributed by atoms with E-state index in [1.165, 1.54) is 5.56 Å². The van der Waals surface area contributed by atoms with Gasteiger partial charge in [-0.05, 0) is 12.5 Å². The molecule has 0 aliphatic carbocycles. The average Bonchev–Trinajstić information content (AvgIpc) is 3.11. The number of rotatable bonds is 7. The Labute approximate surface area is 161 Å². The van der Waals surface area contributed by atoms with Crippen LogP contribution in [0.15, 0.2) is 45.9 Å². The highest BCUT2D eigenvalue weighted by Gasteiger charge is 2.20. The van der Waals surface area contributed by atoms with Gasteiger partial charge < -0.3 is 19.5 Å². The number of nitrogens with one attached hydrogen (secondary N) is 1. The van der Waals surface area contributed by atoms with Crippen molar-refractivity contribution < 1.29 is 9.26 Å². The Hall–Kier alpha value is -2.38. The summed E-state index contributed by atoms with van der Waals surface area (Å²) in [4.78, 5) is 9.10. The molecule has 7 heteroatoms. The number of piperazine rings is 1. The van der Waals surface area contributed by atoms with Gasteiger partial charge in [-0.25, -0.2) is 0 Å². The van der Waals surface area contributed by atoms with Crippen molar-refractivity contribution in [2.75, 3.05) is 46.4 Å². The van der Waals surface area contributed by atoms with Crippen LogP contribution in [-0.4, -0.2) is 67.3 Å². The third-order valence-corrected chi connectivity index (χ3v) is 4.59. The molecule has 0 spiro atoms. The smallest absolute Gasteiger partial charge is 0.193 e. The molecule has 0 radical (unpaired) electrons. The first-order chi connectivity index (χ1) is 13.2. The van der Waals surface area contributed by atoms with Crippen LogP contribution in [0, 0.1) is 6.92 Å². The lowest BCUT2D eigenvalue weighted by atomic mass is 10.2. The van der Waals surface area contributed by atoms with Crippen LogP contribution in [0.1, 0.15) is 17.0 Å². The van der Waals surface area contributed by atoms with Crippen LogP contribution >= 0.6 is 0 Å². The van der Waals surface area contributed by atoms with Crippen LogP contribution in [-0.2, 0) is 17.9 Å². The van der Waals surface area contributed by atoms with E-state index in [2.05, 4.69) is 37.4 Å². The first-order valence-electron chi connectivity index (χ1n) is 9.46. The fourth-order valence-electron chi connectivity index (χ4n) is 3.17. The molecule has 1 aliphatic heterocycles. The normalized spacial score (nSPS) is 15.9. The van der Waals surface area contributed by atoms with Gasteiger partial charge in [0, 0.05) is 52.4 Å². The predicted octanol–water partition coefficient (Wildman–Crippen LogP) is 1.89. The van der Waals surface area contributed by atoms with Crippen molar-refractivity contribution in [1.82, 2.24) is 20.3 Å². The van der Waals surface area contributed by atoms with E-state index in [-0.39, 0.29) is 0 Å². The molecule has 1 aliphatic rings. The first kappa shape index (κ1) is 19.4. The Morgan fingerprint density at radius 3 is 2.67 bits per heavy atom. The summed E-state index contributed by atoms with van der Waals surface area (Å²) in [6, 6.07) is 12.2. The third-order valence-electron chi connectivity index (χ3n) is 4.59. The maximum Gasteiger partial charge on any atom is 0.193 e. The number of hydrogen-bond acceptors (Lipinski definition) is 5. The van der Waals surface area contributed by atoms with Gasteiger partial charge in [0.15, 0.2) is 5.96 Å². The maximum absolute atomic E-state index is 5.73. The summed E-state index contributed by atoms with van der Waals surface area (Å²) in [7, 11) is 1.83. The minimum atomic E-state index is 0.640. The molecule has 1 aromatic heterocycles. The Bertz CT molecular complexity index is 708. The number of aliphatic imine (C=N–C) groups is 1. The Morgan fingerprint density at radius 2 is 2.00 bits per heavy atom. The zero-order valence-corrected chi connectivity index (χ0v) is 16.2. The first-order valence-corrected chi connectivity index (χ1v) is 9.46. The molecule has 1 saturated heterocycles. The number of benzene rings is 1. The van der Waals surface area contributed by atoms with Gasteiger partial charge in [0.2, 0.25) is 0 Å². The Morgan fingerprint density at radius 1 is 1.22 bits per heavy atom. The summed E-state index contributed by atoms with van der Waals surface area (Å²) >= 11 is 0. The number of guanidine groups is 1. The molecular weight excluding hydrogens is 342 g/mol. The van der Waals surface area contributed by atoms with Gasteiger partial charge in [-0.3, -0.25) is 9.89 Å². The number of aromatic nitrogens is 1. The molecule has 2 heterocycles. The van der Waals surface area contributed by atoms with E-state index in [4.69, 9.17) is 9.26 Å². The minimum Gasteiger partial charge on any atom is -0.375 e. The van der Waals surface area contributed by atoms with E-state index in [0.29, 0.717) is 13.2 Å². The molecule has 2 aromatic rings. The van der Waals surface area contributed by atoms with Crippen LogP contribution in [0.3, 0.4) is 0 Å². The van der Waals surface area contributed by atoms with Gasteiger partial charge >= 0.3 is 0 Å². The Kier molecular flexibility index (Phi) is 7.24. The number of nitrogens with zero attached hydrogens (tertiary/aromatic N) is 4. The van der Waals surface area contributed by atoms with Crippen molar-refractivity contribution in [3.05, 3.63) is 53.4 Å². The van der Waals surface area contributed by atoms with Crippen molar-refractivity contribution >= 4 is 5.96 Å². The van der Waals surface area contributed by atoms with Crippen LogP contribution in [0.2, 0.25) is 0 Å². The summed E-state index contributed by atoms with van der Waals surface area (Å²) in [5.74, 6) is 1.80. The van der Waals surface area contributed by atoms with E-state index in [9.17, 15) is 0 Å². The summed E-state index contributed by atoms with van der Waals surface area (Å²) < 4.78 is 10.9. The van der Waals surface area contributed by atoms with Crippen LogP contribution in [0.5, 0.6) is 0 Å². The van der Waals surface area contributed by atoms with Gasteiger partial charge in [0.1, 0.15) is 5.76 Å². The van der Waals surface area contributed by atoms with Gasteiger partial charge in [-0.2, -0.15) is 0 Å². The third kappa shape index (κ3) is 6.08. The van der Waals surface area contributed by atoms with Gasteiger partial charge in [0.05, 0.1) is 18.9 Å². The molecule has 0 saturated carbocycles. The van der Waals surface area contributed by atoms with Gasteiger partial charge in [-0.1, -0.05) is 35.5 Å². The highest BCUT2D eigenvalue weighted by atomic mass is 16.5. The topological polar surface area (TPSA) is 66.1 Å². The van der Waals surface area contributed by atoms with E-state index >= 15 is 0 Å². The summed E-state index contributed by atoms with van der Waals surface area (Å²) in [5, 5.41) is 7.48. The molecule has 0 amide bonds.